The molecule has 0 atom stereocenters. The molecule has 2 N–H and O–H groups in total. The predicted molar refractivity (Wildman–Crippen MR) is 142 cm³/mol. The number of amides is 1. The quantitative estimate of drug-likeness (QED) is 0.141. The molecule has 0 saturated carbocycles. The van der Waals surface area contributed by atoms with E-state index in [1.54, 1.807) is 66.7 Å². The standard InChI is InChI=1S/C27H20ClN3O5S/c28-22-12-8-21(9-13-22)27(33)36-24-16-6-19(7-17-24)18-29-30-26(32)20-10-14-23(15-11-20)31-37(34,35)25-4-2-1-3-5-25/h1-18,31H,(H,30,32)/b29-18-. The molecule has 0 aliphatic heterocycles. The minimum atomic E-state index is -3.72. The van der Waals surface area contributed by atoms with Gasteiger partial charge in [0.25, 0.3) is 15.9 Å². The Hall–Kier alpha value is -4.47. The van der Waals surface area contributed by atoms with Crippen molar-refractivity contribution >= 4 is 45.4 Å². The summed E-state index contributed by atoms with van der Waals surface area (Å²) in [4.78, 5) is 24.7. The normalized spacial score (nSPS) is 11.2. The molecular formula is C27H20ClN3O5S. The summed E-state index contributed by atoms with van der Waals surface area (Å²) in [6.07, 6.45) is 1.44. The van der Waals surface area contributed by atoms with Gasteiger partial charge in [0.15, 0.2) is 0 Å². The average molecular weight is 534 g/mol. The smallest absolute Gasteiger partial charge is 0.343 e. The molecule has 0 radical (unpaired) electrons. The molecule has 0 aliphatic rings. The van der Waals surface area contributed by atoms with Crippen LogP contribution in [0.1, 0.15) is 26.3 Å². The number of esters is 1. The van der Waals surface area contributed by atoms with Crippen LogP contribution in [-0.2, 0) is 10.0 Å². The second-order valence-corrected chi connectivity index (χ2v) is 9.78. The molecule has 1 amide bonds. The van der Waals surface area contributed by atoms with Crippen molar-refractivity contribution in [2.24, 2.45) is 5.10 Å². The first-order valence-corrected chi connectivity index (χ1v) is 12.8. The number of anilines is 1. The van der Waals surface area contributed by atoms with Crippen molar-refractivity contribution in [3.05, 3.63) is 125 Å². The molecule has 0 heterocycles. The van der Waals surface area contributed by atoms with Crippen LogP contribution >= 0.6 is 11.6 Å². The van der Waals surface area contributed by atoms with E-state index in [2.05, 4.69) is 15.2 Å². The Morgan fingerprint density at radius 3 is 2.05 bits per heavy atom. The maximum absolute atomic E-state index is 12.4. The van der Waals surface area contributed by atoms with E-state index in [-0.39, 0.29) is 4.90 Å². The number of sulfonamides is 1. The van der Waals surface area contributed by atoms with Crippen LogP contribution in [0.2, 0.25) is 5.02 Å². The van der Waals surface area contributed by atoms with Crippen LogP contribution in [0, 0.1) is 0 Å². The molecule has 4 aromatic rings. The second-order valence-electron chi connectivity index (χ2n) is 7.66. The maximum Gasteiger partial charge on any atom is 0.343 e. The third-order valence-electron chi connectivity index (χ3n) is 5.00. The van der Waals surface area contributed by atoms with Gasteiger partial charge in [-0.3, -0.25) is 9.52 Å². The number of hydrazone groups is 1. The first-order valence-electron chi connectivity index (χ1n) is 10.9. The lowest BCUT2D eigenvalue weighted by atomic mass is 10.2. The van der Waals surface area contributed by atoms with E-state index in [1.165, 1.54) is 42.6 Å². The van der Waals surface area contributed by atoms with Crippen LogP contribution in [-0.4, -0.2) is 26.5 Å². The summed E-state index contributed by atoms with van der Waals surface area (Å²) in [7, 11) is -3.72. The van der Waals surface area contributed by atoms with Gasteiger partial charge < -0.3 is 4.74 Å². The number of carbonyl (C=O) groups is 2. The van der Waals surface area contributed by atoms with Crippen LogP contribution in [0.3, 0.4) is 0 Å². The minimum absolute atomic E-state index is 0.138. The molecule has 0 aromatic heterocycles. The monoisotopic (exact) mass is 533 g/mol. The molecule has 0 saturated heterocycles. The highest BCUT2D eigenvalue weighted by molar-refractivity contribution is 7.92. The second kappa shape index (κ2) is 11.5. The first kappa shape index (κ1) is 25.6. The molecule has 8 nitrogen and oxygen atoms in total. The zero-order valence-corrected chi connectivity index (χ0v) is 20.7. The third kappa shape index (κ3) is 7.03. The van der Waals surface area contributed by atoms with Crippen LogP contribution < -0.4 is 14.9 Å². The van der Waals surface area contributed by atoms with E-state index in [9.17, 15) is 18.0 Å². The van der Waals surface area contributed by atoms with Gasteiger partial charge in [0.2, 0.25) is 0 Å². The van der Waals surface area contributed by atoms with Gasteiger partial charge in [0.05, 0.1) is 16.7 Å². The molecule has 10 heteroatoms. The van der Waals surface area contributed by atoms with Gasteiger partial charge in [0, 0.05) is 16.3 Å². The van der Waals surface area contributed by atoms with E-state index >= 15 is 0 Å². The third-order valence-corrected chi connectivity index (χ3v) is 6.65. The van der Waals surface area contributed by atoms with Gasteiger partial charge in [-0.05, 0) is 90.5 Å². The minimum Gasteiger partial charge on any atom is -0.423 e. The Morgan fingerprint density at radius 1 is 0.784 bits per heavy atom. The van der Waals surface area contributed by atoms with E-state index in [1.807, 2.05) is 0 Å². The van der Waals surface area contributed by atoms with E-state index in [0.29, 0.717) is 33.1 Å². The van der Waals surface area contributed by atoms with Gasteiger partial charge in [-0.25, -0.2) is 18.6 Å². The number of nitrogens with zero attached hydrogens (tertiary/aromatic N) is 1. The van der Waals surface area contributed by atoms with Crippen molar-refractivity contribution in [1.29, 1.82) is 0 Å². The lowest BCUT2D eigenvalue weighted by Crippen LogP contribution is -2.18. The molecule has 0 spiro atoms. The summed E-state index contributed by atoms with van der Waals surface area (Å²) in [5, 5.41) is 4.45. The Bertz CT molecular complexity index is 1520. The SMILES string of the molecule is O=C(N/N=C\c1ccc(OC(=O)c2ccc(Cl)cc2)cc1)c1ccc(NS(=O)(=O)c2ccccc2)cc1. The Balaban J connectivity index is 1.30. The first-order chi connectivity index (χ1) is 17.8. The highest BCUT2D eigenvalue weighted by atomic mass is 35.5. The highest BCUT2D eigenvalue weighted by Gasteiger charge is 2.14. The number of rotatable bonds is 8. The zero-order chi connectivity index (χ0) is 26.3. The molecule has 37 heavy (non-hydrogen) atoms. The maximum atomic E-state index is 12.4. The molecule has 0 fully saturated rings. The van der Waals surface area contributed by atoms with Gasteiger partial charge in [-0.2, -0.15) is 5.10 Å². The van der Waals surface area contributed by atoms with Crippen molar-refractivity contribution in [1.82, 2.24) is 5.43 Å². The molecule has 0 bridgehead atoms. The van der Waals surface area contributed by atoms with Crippen LogP contribution in [0.15, 0.2) is 113 Å². The Morgan fingerprint density at radius 2 is 1.41 bits per heavy atom. The lowest BCUT2D eigenvalue weighted by Gasteiger charge is -2.08. The number of hydrogen-bond donors (Lipinski definition) is 2. The van der Waals surface area contributed by atoms with Gasteiger partial charge >= 0.3 is 5.97 Å². The highest BCUT2D eigenvalue weighted by Crippen LogP contribution is 2.17. The van der Waals surface area contributed by atoms with Gasteiger partial charge in [-0.1, -0.05) is 29.8 Å². The van der Waals surface area contributed by atoms with E-state index < -0.39 is 21.9 Å². The van der Waals surface area contributed by atoms with Crippen molar-refractivity contribution < 1.29 is 22.7 Å². The van der Waals surface area contributed by atoms with Crippen LogP contribution in [0.5, 0.6) is 5.75 Å². The summed E-state index contributed by atoms with van der Waals surface area (Å²) < 4.78 is 32.6. The van der Waals surface area contributed by atoms with Gasteiger partial charge in [-0.15, -0.1) is 0 Å². The summed E-state index contributed by atoms with van der Waals surface area (Å²) in [5.41, 5.74) is 4.06. The Labute approximate surface area is 218 Å². The molecular weight excluding hydrogens is 514 g/mol. The van der Waals surface area contributed by atoms with Crippen LogP contribution in [0.4, 0.5) is 5.69 Å². The van der Waals surface area contributed by atoms with Gasteiger partial charge in [0.1, 0.15) is 5.75 Å². The fourth-order valence-electron chi connectivity index (χ4n) is 3.11. The lowest BCUT2D eigenvalue weighted by molar-refractivity contribution is 0.0734. The van der Waals surface area contributed by atoms with E-state index in [4.69, 9.17) is 16.3 Å². The topological polar surface area (TPSA) is 114 Å². The summed E-state index contributed by atoms with van der Waals surface area (Å²) in [6.45, 7) is 0. The van der Waals surface area contributed by atoms with Crippen molar-refractivity contribution in [3.8, 4) is 5.75 Å². The summed E-state index contributed by atoms with van der Waals surface area (Å²) in [5.74, 6) is -0.629. The molecule has 0 unspecified atom stereocenters. The number of hydrogen-bond acceptors (Lipinski definition) is 6. The molecule has 186 valence electrons. The largest absolute Gasteiger partial charge is 0.423 e. The molecule has 0 aliphatic carbocycles. The zero-order valence-electron chi connectivity index (χ0n) is 19.2. The number of halogens is 1. The van der Waals surface area contributed by atoms with E-state index in [0.717, 1.165) is 0 Å². The number of carbonyl (C=O) groups excluding carboxylic acids is 2. The summed E-state index contributed by atoms with van der Waals surface area (Å²) in [6, 6.07) is 26.8. The van der Waals surface area contributed by atoms with Crippen molar-refractivity contribution in [2.45, 2.75) is 4.90 Å². The fourth-order valence-corrected chi connectivity index (χ4v) is 4.31. The van der Waals surface area contributed by atoms with Crippen LogP contribution in [0.25, 0.3) is 0 Å². The summed E-state index contributed by atoms with van der Waals surface area (Å²) >= 11 is 5.82. The average Bonchev–Trinajstić information content (AvgIpc) is 2.90. The fraction of sp³-hybridized carbons (Fsp3) is 0. The van der Waals surface area contributed by atoms with Crippen molar-refractivity contribution in [3.63, 3.8) is 0 Å². The predicted octanol–water partition coefficient (Wildman–Crippen LogP) is 5.12. The number of benzene rings is 4. The Kier molecular flexibility index (Phi) is 7.97. The number of nitrogens with one attached hydrogen (secondary N) is 2. The molecule has 4 aromatic carbocycles. The number of ether oxygens (including phenoxy) is 1. The van der Waals surface area contributed by atoms with Crippen molar-refractivity contribution in [2.75, 3.05) is 4.72 Å². The molecule has 4 rings (SSSR count).